The molecule has 1 N–H and O–H groups in total. The van der Waals surface area contributed by atoms with Crippen molar-refractivity contribution in [1.82, 2.24) is 4.98 Å². The minimum Gasteiger partial charge on any atom is -0.389 e. The zero-order valence-corrected chi connectivity index (χ0v) is 8.36. The average molecular weight is 195 g/mol. The summed E-state index contributed by atoms with van der Waals surface area (Å²) < 4.78 is 0. The van der Waals surface area contributed by atoms with Crippen molar-refractivity contribution in [3.8, 4) is 0 Å². The van der Waals surface area contributed by atoms with Gasteiger partial charge in [0.25, 0.3) is 0 Å². The molecule has 0 aromatic carbocycles. The SMILES string of the molecule is OCc1nc2c(s1)CC1(CC2)CC1. The monoisotopic (exact) mass is 195 g/mol. The van der Waals surface area contributed by atoms with Crippen LogP contribution in [0.3, 0.4) is 0 Å². The first-order valence-electron chi connectivity index (χ1n) is 4.90. The van der Waals surface area contributed by atoms with E-state index in [0.717, 1.165) is 11.4 Å². The number of fused-ring (bicyclic) bond motifs is 1. The van der Waals surface area contributed by atoms with Gasteiger partial charge in [0, 0.05) is 4.88 Å². The lowest BCUT2D eigenvalue weighted by Gasteiger charge is -2.19. The lowest BCUT2D eigenvalue weighted by atomic mass is 9.88. The highest BCUT2D eigenvalue weighted by molar-refractivity contribution is 7.11. The maximum Gasteiger partial charge on any atom is 0.119 e. The van der Waals surface area contributed by atoms with Crippen LogP contribution in [0.5, 0.6) is 0 Å². The van der Waals surface area contributed by atoms with E-state index in [2.05, 4.69) is 4.98 Å². The summed E-state index contributed by atoms with van der Waals surface area (Å²) in [6.45, 7) is 0.116. The fraction of sp³-hybridized carbons (Fsp3) is 0.700. The van der Waals surface area contributed by atoms with Gasteiger partial charge in [-0.25, -0.2) is 4.98 Å². The van der Waals surface area contributed by atoms with Crippen molar-refractivity contribution in [3.63, 3.8) is 0 Å². The molecular weight excluding hydrogens is 182 g/mol. The van der Waals surface area contributed by atoms with Gasteiger partial charge in [-0.05, 0) is 37.5 Å². The van der Waals surface area contributed by atoms with Gasteiger partial charge >= 0.3 is 0 Å². The predicted molar refractivity (Wildman–Crippen MR) is 51.7 cm³/mol. The van der Waals surface area contributed by atoms with Crippen molar-refractivity contribution in [2.24, 2.45) is 5.41 Å². The van der Waals surface area contributed by atoms with E-state index in [-0.39, 0.29) is 6.61 Å². The van der Waals surface area contributed by atoms with Crippen LogP contribution in [0.15, 0.2) is 0 Å². The van der Waals surface area contributed by atoms with Crippen molar-refractivity contribution < 1.29 is 5.11 Å². The lowest BCUT2D eigenvalue weighted by molar-refractivity contribution is 0.281. The molecule has 0 aliphatic heterocycles. The van der Waals surface area contributed by atoms with Gasteiger partial charge in [0.1, 0.15) is 5.01 Å². The summed E-state index contributed by atoms with van der Waals surface area (Å²) in [5, 5.41) is 9.89. The van der Waals surface area contributed by atoms with E-state index in [9.17, 15) is 0 Å². The molecule has 1 saturated carbocycles. The first kappa shape index (κ1) is 7.94. The Hall–Kier alpha value is -0.410. The van der Waals surface area contributed by atoms with Crippen molar-refractivity contribution in [3.05, 3.63) is 15.6 Å². The Labute approximate surface area is 81.6 Å². The zero-order valence-electron chi connectivity index (χ0n) is 7.55. The highest BCUT2D eigenvalue weighted by Crippen LogP contribution is 2.55. The zero-order chi connectivity index (χ0) is 8.89. The number of nitrogens with zero attached hydrogens (tertiary/aromatic N) is 1. The summed E-state index contributed by atoms with van der Waals surface area (Å²) in [5.74, 6) is 0. The maximum absolute atomic E-state index is 8.98. The van der Waals surface area contributed by atoms with Crippen LogP contribution >= 0.6 is 11.3 Å². The third-order valence-electron chi connectivity index (χ3n) is 3.34. The van der Waals surface area contributed by atoms with E-state index in [1.165, 1.54) is 36.3 Å². The topological polar surface area (TPSA) is 33.1 Å². The molecule has 3 heteroatoms. The number of rotatable bonds is 1. The molecule has 3 rings (SSSR count). The Morgan fingerprint density at radius 2 is 2.23 bits per heavy atom. The molecule has 1 fully saturated rings. The Balaban J connectivity index is 1.94. The average Bonchev–Trinajstić information content (AvgIpc) is 2.77. The molecule has 1 aromatic rings. The summed E-state index contributed by atoms with van der Waals surface area (Å²) in [6.07, 6.45) is 6.54. The summed E-state index contributed by atoms with van der Waals surface area (Å²) in [6, 6.07) is 0. The van der Waals surface area contributed by atoms with Crippen LogP contribution in [-0.2, 0) is 19.4 Å². The predicted octanol–water partition coefficient (Wildman–Crippen LogP) is 1.90. The quantitative estimate of drug-likeness (QED) is 0.742. The van der Waals surface area contributed by atoms with Gasteiger partial charge in [-0.2, -0.15) is 0 Å². The van der Waals surface area contributed by atoms with E-state index >= 15 is 0 Å². The summed E-state index contributed by atoms with van der Waals surface area (Å²) in [4.78, 5) is 5.88. The standard InChI is InChI=1S/C10H13NOS/c12-6-9-11-7-1-2-10(3-4-10)5-8(7)13-9/h12H,1-6H2. The van der Waals surface area contributed by atoms with Gasteiger partial charge in [-0.1, -0.05) is 0 Å². The van der Waals surface area contributed by atoms with Crippen molar-refractivity contribution in [2.45, 2.75) is 38.7 Å². The molecule has 2 nitrogen and oxygen atoms in total. The fourth-order valence-electron chi connectivity index (χ4n) is 2.25. The minimum absolute atomic E-state index is 0.116. The Morgan fingerprint density at radius 3 is 2.92 bits per heavy atom. The van der Waals surface area contributed by atoms with Gasteiger partial charge in [-0.15, -0.1) is 11.3 Å². The smallest absolute Gasteiger partial charge is 0.119 e. The molecule has 2 aliphatic rings. The van der Waals surface area contributed by atoms with Crippen LogP contribution in [0.4, 0.5) is 0 Å². The van der Waals surface area contributed by atoms with E-state index in [1.54, 1.807) is 11.3 Å². The van der Waals surface area contributed by atoms with Crippen molar-refractivity contribution in [2.75, 3.05) is 0 Å². The Kier molecular flexibility index (Phi) is 1.56. The van der Waals surface area contributed by atoms with Crippen molar-refractivity contribution in [1.29, 1.82) is 0 Å². The molecular formula is C10H13NOS. The molecule has 1 heterocycles. The van der Waals surface area contributed by atoms with Gasteiger partial charge in [0.05, 0.1) is 12.3 Å². The number of aryl methyl sites for hydroxylation is 1. The van der Waals surface area contributed by atoms with E-state index in [1.807, 2.05) is 0 Å². The number of aliphatic hydroxyl groups is 1. The summed E-state index contributed by atoms with van der Waals surface area (Å²) in [7, 11) is 0. The molecule has 13 heavy (non-hydrogen) atoms. The van der Waals surface area contributed by atoms with Gasteiger partial charge in [-0.3, -0.25) is 0 Å². The third-order valence-corrected chi connectivity index (χ3v) is 4.42. The third kappa shape index (κ3) is 1.22. The number of hydrogen-bond acceptors (Lipinski definition) is 3. The highest BCUT2D eigenvalue weighted by atomic mass is 32.1. The Morgan fingerprint density at radius 1 is 1.38 bits per heavy atom. The Bertz CT molecular complexity index is 341. The first-order valence-corrected chi connectivity index (χ1v) is 5.71. The van der Waals surface area contributed by atoms with Gasteiger partial charge < -0.3 is 5.11 Å². The second-order valence-corrected chi connectivity index (χ2v) is 5.48. The number of aliphatic hydroxyl groups excluding tert-OH is 1. The number of aromatic nitrogens is 1. The lowest BCUT2D eigenvalue weighted by Crippen LogP contribution is -2.13. The van der Waals surface area contributed by atoms with Gasteiger partial charge in [0.2, 0.25) is 0 Å². The fourth-order valence-corrected chi connectivity index (χ4v) is 3.40. The maximum atomic E-state index is 8.98. The van der Waals surface area contributed by atoms with Crippen LogP contribution in [-0.4, -0.2) is 10.1 Å². The molecule has 2 aliphatic carbocycles. The normalized spacial score (nSPS) is 23.2. The molecule has 1 spiro atoms. The largest absolute Gasteiger partial charge is 0.389 e. The molecule has 0 saturated heterocycles. The van der Waals surface area contributed by atoms with Crippen LogP contribution in [0, 0.1) is 5.41 Å². The molecule has 70 valence electrons. The second kappa shape index (κ2) is 2.55. The minimum atomic E-state index is 0.116. The van der Waals surface area contributed by atoms with E-state index < -0.39 is 0 Å². The van der Waals surface area contributed by atoms with Crippen LogP contribution in [0.25, 0.3) is 0 Å². The van der Waals surface area contributed by atoms with E-state index in [0.29, 0.717) is 5.41 Å². The highest BCUT2D eigenvalue weighted by Gasteiger charge is 2.45. The van der Waals surface area contributed by atoms with Crippen LogP contribution in [0.2, 0.25) is 0 Å². The molecule has 0 atom stereocenters. The summed E-state index contributed by atoms with van der Waals surface area (Å²) in [5.41, 5.74) is 1.94. The van der Waals surface area contributed by atoms with Crippen molar-refractivity contribution >= 4 is 11.3 Å². The molecule has 1 aromatic heterocycles. The number of thiazole rings is 1. The number of hydrogen-bond donors (Lipinski definition) is 1. The van der Waals surface area contributed by atoms with Gasteiger partial charge in [0.15, 0.2) is 0 Å². The molecule has 0 bridgehead atoms. The summed E-state index contributed by atoms with van der Waals surface area (Å²) >= 11 is 1.72. The van der Waals surface area contributed by atoms with E-state index in [4.69, 9.17) is 5.11 Å². The van der Waals surface area contributed by atoms with Crippen LogP contribution in [0.1, 0.15) is 34.8 Å². The molecule has 0 radical (unpaired) electrons. The molecule has 0 unspecified atom stereocenters. The molecule has 0 amide bonds. The van der Waals surface area contributed by atoms with Crippen LogP contribution < -0.4 is 0 Å². The second-order valence-electron chi connectivity index (χ2n) is 4.31. The first-order chi connectivity index (χ1) is 6.31.